The zero-order valence-corrected chi connectivity index (χ0v) is 17.0. The summed E-state index contributed by atoms with van der Waals surface area (Å²) < 4.78 is 12.7. The number of esters is 2. The molecule has 0 N–H and O–H groups in total. The maximum atomic E-state index is 13.2. The van der Waals surface area contributed by atoms with Gasteiger partial charge in [0, 0.05) is 22.3 Å². The first-order valence-electron chi connectivity index (χ1n) is 10.5. The quantitative estimate of drug-likeness (QED) is 0.429. The van der Waals surface area contributed by atoms with Crippen molar-refractivity contribution in [3.8, 4) is 0 Å². The van der Waals surface area contributed by atoms with E-state index >= 15 is 0 Å². The Morgan fingerprint density at radius 3 is 1.19 bits per heavy atom. The van der Waals surface area contributed by atoms with Gasteiger partial charge in [0.05, 0.1) is 11.1 Å². The van der Waals surface area contributed by atoms with Crippen molar-refractivity contribution in [1.29, 1.82) is 0 Å². The third-order valence-electron chi connectivity index (χ3n) is 6.40. The maximum Gasteiger partial charge on any atom is 0.339 e. The van der Waals surface area contributed by atoms with Crippen molar-refractivity contribution >= 4 is 11.9 Å². The molecule has 0 saturated heterocycles. The molecular formula is C28H18O4. The Morgan fingerprint density at radius 2 is 0.781 bits per heavy atom. The Hall–Kier alpha value is -4.18. The first-order valence-corrected chi connectivity index (χ1v) is 10.5. The van der Waals surface area contributed by atoms with Crippen LogP contribution in [0.25, 0.3) is 0 Å². The van der Waals surface area contributed by atoms with Crippen molar-refractivity contribution < 1.29 is 19.1 Å². The molecule has 4 nitrogen and oxygen atoms in total. The monoisotopic (exact) mass is 418 g/mol. The predicted molar refractivity (Wildman–Crippen MR) is 118 cm³/mol. The van der Waals surface area contributed by atoms with E-state index in [1.807, 2.05) is 97.1 Å². The SMILES string of the molecule is O=C1OC(c2ccccc2)(C2(c3ccccc3)OC(=O)c3ccccc32)c2ccccc21. The van der Waals surface area contributed by atoms with Gasteiger partial charge >= 0.3 is 11.9 Å². The van der Waals surface area contributed by atoms with Crippen LogP contribution in [0, 0.1) is 0 Å². The van der Waals surface area contributed by atoms with Crippen LogP contribution in [-0.2, 0) is 20.7 Å². The lowest BCUT2D eigenvalue weighted by Crippen LogP contribution is -2.51. The number of fused-ring (bicyclic) bond motifs is 2. The van der Waals surface area contributed by atoms with E-state index in [9.17, 15) is 9.59 Å². The van der Waals surface area contributed by atoms with Gasteiger partial charge in [0.25, 0.3) is 0 Å². The molecule has 0 radical (unpaired) electrons. The summed E-state index contributed by atoms with van der Waals surface area (Å²) in [5, 5.41) is 0. The minimum Gasteiger partial charge on any atom is -0.440 e. The number of carbonyl (C=O) groups is 2. The molecule has 0 spiro atoms. The second-order valence-corrected chi connectivity index (χ2v) is 7.96. The van der Waals surface area contributed by atoms with Crippen LogP contribution in [0.5, 0.6) is 0 Å². The number of ether oxygens (including phenoxy) is 2. The zero-order chi connectivity index (χ0) is 21.8. The Morgan fingerprint density at radius 1 is 0.438 bits per heavy atom. The number of rotatable bonds is 3. The first-order chi connectivity index (χ1) is 15.7. The summed E-state index contributed by atoms with van der Waals surface area (Å²) >= 11 is 0. The first kappa shape index (κ1) is 18.6. The highest BCUT2D eigenvalue weighted by molar-refractivity contribution is 5.99. The van der Waals surface area contributed by atoms with Gasteiger partial charge in [-0.1, -0.05) is 97.1 Å². The summed E-state index contributed by atoms with van der Waals surface area (Å²) in [7, 11) is 0. The van der Waals surface area contributed by atoms with E-state index in [2.05, 4.69) is 0 Å². The smallest absolute Gasteiger partial charge is 0.339 e. The fourth-order valence-electron chi connectivity index (χ4n) is 5.14. The van der Waals surface area contributed by atoms with Gasteiger partial charge in [0.2, 0.25) is 11.2 Å². The van der Waals surface area contributed by atoms with Crippen LogP contribution in [0.1, 0.15) is 43.0 Å². The Labute approximate surface area is 185 Å². The highest BCUT2D eigenvalue weighted by Gasteiger charge is 2.68. The molecular weight excluding hydrogens is 400 g/mol. The van der Waals surface area contributed by atoms with E-state index < -0.39 is 23.1 Å². The van der Waals surface area contributed by atoms with E-state index in [1.54, 1.807) is 12.1 Å². The molecule has 32 heavy (non-hydrogen) atoms. The standard InChI is InChI=1S/C28H18O4/c29-25-21-15-7-9-17-23(21)27(31-25,19-11-3-1-4-12-19)28(20-13-5-2-6-14-20)24-18-10-8-16-22(24)26(30)32-28/h1-18H. The number of cyclic esters (lactones) is 2. The summed E-state index contributed by atoms with van der Waals surface area (Å²) in [6.45, 7) is 0. The average molecular weight is 418 g/mol. The molecule has 4 aromatic carbocycles. The summed E-state index contributed by atoms with van der Waals surface area (Å²) in [6, 6.07) is 33.7. The van der Waals surface area contributed by atoms with E-state index in [0.29, 0.717) is 22.3 Å². The molecule has 0 bridgehead atoms. The molecule has 2 aliphatic rings. The Kier molecular flexibility index (Phi) is 3.87. The van der Waals surface area contributed by atoms with Gasteiger partial charge in [-0.15, -0.1) is 0 Å². The van der Waals surface area contributed by atoms with Crippen molar-refractivity contribution in [2.45, 2.75) is 11.2 Å². The number of benzene rings is 4. The minimum absolute atomic E-state index is 0.444. The molecule has 4 aromatic rings. The molecule has 6 rings (SSSR count). The summed E-state index contributed by atoms with van der Waals surface area (Å²) in [5.41, 5.74) is 0.934. The van der Waals surface area contributed by atoms with Crippen molar-refractivity contribution in [3.63, 3.8) is 0 Å². The highest BCUT2D eigenvalue weighted by Crippen LogP contribution is 2.60. The molecule has 2 aliphatic heterocycles. The van der Waals surface area contributed by atoms with E-state index in [4.69, 9.17) is 9.47 Å². The zero-order valence-electron chi connectivity index (χ0n) is 17.0. The van der Waals surface area contributed by atoms with Crippen LogP contribution in [0.15, 0.2) is 109 Å². The molecule has 0 fully saturated rings. The normalized spacial score (nSPS) is 23.2. The van der Waals surface area contributed by atoms with E-state index in [-0.39, 0.29) is 0 Å². The third-order valence-corrected chi connectivity index (χ3v) is 6.40. The molecule has 0 aromatic heterocycles. The minimum atomic E-state index is -1.40. The summed E-state index contributed by atoms with van der Waals surface area (Å²) in [5.74, 6) is -0.889. The van der Waals surface area contributed by atoms with Crippen molar-refractivity contribution in [2.75, 3.05) is 0 Å². The van der Waals surface area contributed by atoms with Crippen LogP contribution in [0.2, 0.25) is 0 Å². The van der Waals surface area contributed by atoms with Crippen molar-refractivity contribution in [2.24, 2.45) is 0 Å². The van der Waals surface area contributed by atoms with Gasteiger partial charge in [-0.25, -0.2) is 9.59 Å². The molecule has 4 heteroatoms. The lowest BCUT2D eigenvalue weighted by Gasteiger charge is -2.45. The third kappa shape index (κ3) is 2.21. The van der Waals surface area contributed by atoms with Gasteiger partial charge in [-0.05, 0) is 12.1 Å². The second kappa shape index (κ2) is 6.66. The topological polar surface area (TPSA) is 52.6 Å². The van der Waals surface area contributed by atoms with Crippen LogP contribution in [0.4, 0.5) is 0 Å². The molecule has 2 atom stereocenters. The van der Waals surface area contributed by atoms with Crippen LogP contribution in [-0.4, -0.2) is 11.9 Å². The van der Waals surface area contributed by atoms with Crippen LogP contribution in [0.3, 0.4) is 0 Å². The average Bonchev–Trinajstić information content (AvgIpc) is 3.34. The van der Waals surface area contributed by atoms with E-state index in [0.717, 1.165) is 11.1 Å². The summed E-state index contributed by atoms with van der Waals surface area (Å²) in [6.07, 6.45) is 0. The number of carbonyl (C=O) groups excluding carboxylic acids is 2. The molecule has 0 amide bonds. The molecule has 2 unspecified atom stereocenters. The highest BCUT2D eigenvalue weighted by atomic mass is 16.6. The fourth-order valence-corrected chi connectivity index (χ4v) is 5.14. The fraction of sp³-hybridized carbons (Fsp3) is 0.0714. The van der Waals surface area contributed by atoms with Crippen molar-refractivity contribution in [1.82, 2.24) is 0 Å². The van der Waals surface area contributed by atoms with Gasteiger partial charge in [0.1, 0.15) is 0 Å². The number of hydrogen-bond acceptors (Lipinski definition) is 4. The van der Waals surface area contributed by atoms with Crippen molar-refractivity contribution in [3.05, 3.63) is 143 Å². The van der Waals surface area contributed by atoms with Gasteiger partial charge < -0.3 is 9.47 Å². The Bertz CT molecular complexity index is 1260. The van der Waals surface area contributed by atoms with Gasteiger partial charge in [0.15, 0.2) is 0 Å². The van der Waals surface area contributed by atoms with Crippen LogP contribution < -0.4 is 0 Å². The van der Waals surface area contributed by atoms with E-state index in [1.165, 1.54) is 0 Å². The molecule has 154 valence electrons. The number of hydrogen-bond donors (Lipinski definition) is 0. The largest absolute Gasteiger partial charge is 0.440 e. The molecule has 0 aliphatic carbocycles. The molecule has 2 heterocycles. The van der Waals surface area contributed by atoms with Gasteiger partial charge in [-0.3, -0.25) is 0 Å². The van der Waals surface area contributed by atoms with Crippen LogP contribution >= 0.6 is 0 Å². The molecule has 0 saturated carbocycles. The summed E-state index contributed by atoms with van der Waals surface area (Å²) in [4.78, 5) is 26.4. The lowest BCUT2D eigenvalue weighted by atomic mass is 9.66. The van der Waals surface area contributed by atoms with Gasteiger partial charge in [-0.2, -0.15) is 0 Å². The predicted octanol–water partition coefficient (Wildman–Crippen LogP) is 5.21. The second-order valence-electron chi connectivity index (χ2n) is 7.96. The maximum absolute atomic E-state index is 13.2. The Balaban J connectivity index is 1.81. The lowest BCUT2D eigenvalue weighted by molar-refractivity contribution is -0.112.